The molecule has 2 fully saturated rings. The average Bonchev–Trinajstić information content (AvgIpc) is 4.08. The number of nitrogens with one attached hydrogen (secondary N) is 3. The third-order valence-corrected chi connectivity index (χ3v) is 11.8. The zero-order valence-electron chi connectivity index (χ0n) is 31.9. The third-order valence-electron chi connectivity index (χ3n) is 10.5. The molecule has 2 saturated heterocycles. The minimum atomic E-state index is -0.188. The molecular formula is C42H36ClKN6O7S2. The molecule has 59 heavy (non-hydrogen) atoms. The summed E-state index contributed by atoms with van der Waals surface area (Å²) in [6, 6.07) is 20.6. The van der Waals surface area contributed by atoms with Gasteiger partial charge in [0.05, 0.1) is 33.4 Å². The number of H-pyrrole nitrogens is 3. The van der Waals surface area contributed by atoms with Crippen molar-refractivity contribution in [1.82, 2.24) is 29.7 Å². The number of thioether (sulfide) groups is 1. The van der Waals surface area contributed by atoms with Gasteiger partial charge in [-0.25, -0.2) is 4.98 Å². The number of carbonyl (C=O) groups is 6. The number of likely N-dealkylation sites (tertiary alicyclic amines) is 2. The maximum absolute atomic E-state index is 13.0. The number of ketones is 4. The molecule has 0 atom stereocenters. The van der Waals surface area contributed by atoms with Gasteiger partial charge in [0.1, 0.15) is 11.4 Å². The Bertz CT molecular complexity index is 2720. The molecule has 4 aromatic carbocycles. The van der Waals surface area contributed by atoms with Crippen molar-refractivity contribution in [2.75, 3.05) is 37.8 Å². The Morgan fingerprint density at radius 3 is 1.64 bits per heavy atom. The smallest absolute Gasteiger partial charge is 0.870 e. The van der Waals surface area contributed by atoms with Crippen molar-refractivity contribution in [1.29, 1.82) is 0 Å². The van der Waals surface area contributed by atoms with Crippen LogP contribution in [0.1, 0.15) is 89.4 Å². The molecule has 4 N–H and O–H groups in total. The molecule has 2 aromatic heterocycles. The molecule has 2 aliphatic carbocycles. The summed E-state index contributed by atoms with van der Waals surface area (Å²) in [6.45, 7) is 3.46. The molecular weight excluding hydrogens is 839 g/mol. The number of aromatic nitrogens is 4. The molecule has 4 heterocycles. The number of alkyl halides is 1. The van der Waals surface area contributed by atoms with Crippen molar-refractivity contribution in [3.05, 3.63) is 122 Å². The summed E-state index contributed by atoms with van der Waals surface area (Å²) < 4.78 is 0.438. The van der Waals surface area contributed by atoms with E-state index in [1.165, 1.54) is 11.8 Å². The van der Waals surface area contributed by atoms with Crippen LogP contribution in [0.5, 0.6) is 0 Å². The van der Waals surface area contributed by atoms with Crippen LogP contribution in [-0.4, -0.2) is 108 Å². The van der Waals surface area contributed by atoms with Gasteiger partial charge in [-0.15, -0.1) is 11.6 Å². The normalized spacial score (nSPS) is 14.9. The molecule has 0 radical (unpaired) electrons. The van der Waals surface area contributed by atoms with E-state index < -0.39 is 0 Å². The van der Waals surface area contributed by atoms with Gasteiger partial charge in [-0.2, -0.15) is 0 Å². The van der Waals surface area contributed by atoms with Crippen LogP contribution in [0.3, 0.4) is 0 Å². The number of halogens is 1. The van der Waals surface area contributed by atoms with E-state index in [9.17, 15) is 28.8 Å². The minimum Gasteiger partial charge on any atom is -0.870 e. The number of nitrogens with zero attached hydrogens (tertiary/aromatic N) is 3. The third kappa shape index (κ3) is 8.74. The zero-order valence-corrected chi connectivity index (χ0v) is 37.4. The zero-order chi connectivity index (χ0) is 39.8. The van der Waals surface area contributed by atoms with Crippen LogP contribution in [0.15, 0.2) is 78.0 Å². The molecule has 6 aromatic rings. The maximum Gasteiger partial charge on any atom is 1.00 e. The number of fused-ring (bicyclic) bond motifs is 8. The molecule has 0 unspecified atom stereocenters. The first-order valence-electron chi connectivity index (χ1n) is 18.5. The summed E-state index contributed by atoms with van der Waals surface area (Å²) in [7, 11) is 0. The Labute approximate surface area is 394 Å². The van der Waals surface area contributed by atoms with Crippen molar-refractivity contribution in [2.24, 2.45) is 0 Å². The maximum atomic E-state index is 13.0. The molecule has 2 amide bonds. The van der Waals surface area contributed by atoms with Crippen molar-refractivity contribution >= 4 is 92.6 Å². The van der Waals surface area contributed by atoms with Crippen LogP contribution in [-0.2, 0) is 9.59 Å². The fraction of sp³-hybridized carbons (Fsp3) is 0.238. The van der Waals surface area contributed by atoms with Crippen LogP contribution in [0.4, 0.5) is 0 Å². The van der Waals surface area contributed by atoms with E-state index in [0.717, 1.165) is 57.4 Å². The molecule has 10 rings (SSSR count). The van der Waals surface area contributed by atoms with E-state index in [-0.39, 0.29) is 97.7 Å². The first kappa shape index (κ1) is 44.4. The van der Waals surface area contributed by atoms with Gasteiger partial charge in [-0.05, 0) is 62.2 Å². The second kappa shape index (κ2) is 19.1. The van der Waals surface area contributed by atoms with Crippen molar-refractivity contribution in [3.63, 3.8) is 0 Å². The average molecular weight is 875 g/mol. The standard InChI is InChI=1S/C21H17N3O3S.C15H8N2O2S.C6H10ClNO.K.H2O/c25-16(24-9-3-4-10-24)11-28-21-22-15-8-7-14-17(18(15)23-21)20(27)13-6-2-1-5-12(13)19(14)26;18-13-7-3-1-2-4-8(7)14(19)11-9(13)5-6-10-12(11)17-15(20)16-10;7-5-6(9)8-3-1-2-4-8;;/h1-2,5-8H,3-4,9-11H2,(H,22,23);1-6H,(H2,16,17,20);1-5H2;;1H2/q;;;+1;/p-1. The van der Waals surface area contributed by atoms with Gasteiger partial charge in [0.2, 0.25) is 11.8 Å². The number of benzene rings is 4. The number of imidazole rings is 2. The monoisotopic (exact) mass is 874 g/mol. The molecule has 4 aliphatic rings. The largest absolute Gasteiger partial charge is 1.00 e. The van der Waals surface area contributed by atoms with Gasteiger partial charge < -0.3 is 30.2 Å². The van der Waals surface area contributed by atoms with Crippen LogP contribution < -0.4 is 51.4 Å². The van der Waals surface area contributed by atoms with Crippen molar-refractivity contribution in [3.8, 4) is 0 Å². The molecule has 2 aliphatic heterocycles. The van der Waals surface area contributed by atoms with Crippen molar-refractivity contribution < 1.29 is 85.6 Å². The molecule has 0 spiro atoms. The van der Waals surface area contributed by atoms with Crippen LogP contribution in [0.25, 0.3) is 22.1 Å². The minimum absolute atomic E-state index is 0. The quantitative estimate of drug-likeness (QED) is 0.101. The van der Waals surface area contributed by atoms with Gasteiger partial charge in [-0.3, -0.25) is 28.8 Å². The summed E-state index contributed by atoms with van der Waals surface area (Å²) in [5, 5.41) is 0.579. The Morgan fingerprint density at radius 1 is 0.627 bits per heavy atom. The van der Waals surface area contributed by atoms with E-state index >= 15 is 0 Å². The molecule has 0 bridgehead atoms. The number of hydrogen-bond donors (Lipinski definition) is 3. The summed E-state index contributed by atoms with van der Waals surface area (Å²) in [5.41, 5.74) is 5.80. The second-order valence-corrected chi connectivity index (χ2v) is 15.6. The summed E-state index contributed by atoms with van der Waals surface area (Å²) in [6.07, 6.45) is 4.40. The molecule has 13 nitrogen and oxygen atoms in total. The fourth-order valence-electron chi connectivity index (χ4n) is 7.63. The van der Waals surface area contributed by atoms with Gasteiger partial charge in [0, 0.05) is 59.6 Å². The Morgan fingerprint density at radius 2 is 1.10 bits per heavy atom. The van der Waals surface area contributed by atoms with Crippen LogP contribution >= 0.6 is 35.6 Å². The van der Waals surface area contributed by atoms with Crippen LogP contribution in [0.2, 0.25) is 0 Å². The van der Waals surface area contributed by atoms with Gasteiger partial charge in [0.25, 0.3) is 0 Å². The first-order chi connectivity index (χ1) is 27.6. The van der Waals surface area contributed by atoms with E-state index in [2.05, 4.69) is 19.9 Å². The number of aromatic amines is 3. The first-order valence-corrected chi connectivity index (χ1v) is 20.5. The van der Waals surface area contributed by atoms with E-state index in [4.69, 9.17) is 23.8 Å². The molecule has 296 valence electrons. The number of hydrogen-bond acceptors (Lipinski definition) is 10. The summed E-state index contributed by atoms with van der Waals surface area (Å²) in [5.74, 6) is 0.000990. The van der Waals surface area contributed by atoms with Crippen molar-refractivity contribution in [2.45, 2.75) is 30.8 Å². The Kier molecular flexibility index (Phi) is 14.4. The summed E-state index contributed by atoms with van der Waals surface area (Å²) >= 11 is 11.7. The van der Waals surface area contributed by atoms with E-state index in [1.807, 2.05) is 9.80 Å². The number of rotatable bonds is 4. The number of amides is 2. The number of carbonyl (C=O) groups excluding carboxylic acids is 6. The second-order valence-electron chi connectivity index (χ2n) is 13.9. The van der Waals surface area contributed by atoms with E-state index in [1.54, 1.807) is 72.8 Å². The van der Waals surface area contributed by atoms with Gasteiger partial charge in [0.15, 0.2) is 33.1 Å². The van der Waals surface area contributed by atoms with Gasteiger partial charge in [-0.1, -0.05) is 60.3 Å². The van der Waals surface area contributed by atoms with E-state index in [0.29, 0.717) is 76.7 Å². The molecule has 0 saturated carbocycles. The predicted molar refractivity (Wildman–Crippen MR) is 221 cm³/mol. The molecule has 17 heteroatoms. The Balaban J connectivity index is 0.000000165. The Hall–Kier alpha value is -4.10. The SMILES string of the molecule is O=C(CCl)N1CCCC1.O=C1c2ccccc2C(=O)c2c1ccc1[nH]c(=S)[nH]c21.O=C1c2ccccc2C(=O)c2c1ccc1[nH]c(SCC(=O)N3CCCC3)nc21.[K+].[OH-]. The van der Waals surface area contributed by atoms with Crippen LogP contribution in [0, 0.1) is 4.77 Å². The fourth-order valence-corrected chi connectivity index (χ4v) is 8.79. The topological polar surface area (TPSA) is 199 Å². The van der Waals surface area contributed by atoms with Gasteiger partial charge >= 0.3 is 51.4 Å². The summed E-state index contributed by atoms with van der Waals surface area (Å²) in [4.78, 5) is 91.4. The predicted octanol–water partition coefficient (Wildman–Crippen LogP) is 3.73.